The highest BCUT2D eigenvalue weighted by molar-refractivity contribution is 7.31. The normalized spacial score (nSPS) is 12.8. The lowest BCUT2D eigenvalue weighted by molar-refractivity contribution is 0.0975. The first-order chi connectivity index (χ1) is 32.0. The molecule has 2 aliphatic carbocycles. The second-order valence-corrected chi connectivity index (χ2v) is 17.1. The number of fused-ring (bicyclic) bond motifs is 7. The molecule has 4 aromatic heterocycles. The van der Waals surface area contributed by atoms with Crippen molar-refractivity contribution in [3.05, 3.63) is 174 Å². The molecule has 312 valence electrons. The van der Waals surface area contributed by atoms with E-state index in [1.54, 1.807) is 66.7 Å². The van der Waals surface area contributed by atoms with Crippen LogP contribution in [0.5, 0.6) is 0 Å². The standard InChI is InChI=1S/C50H22N6O8S2/c51-19-27-11-33-34(12-28(27)20-52)44(58)37(43(33)57)15-31-16-40-41(55(31)49(61)63-23-25-7-3-1-4-8-25)42-48(66-40)47-39(56(42)50(62)64-24-26-9-5-2-6-10-26)18-32(65-47)17-38-45(59)35-13-29(21-53)30(22-54)14-36(35)46(38)60/h1-18H,23-24H2. The topological polar surface area (TPSA) is 226 Å². The van der Waals surface area contributed by atoms with Gasteiger partial charge in [0.2, 0.25) is 0 Å². The lowest BCUT2D eigenvalue weighted by Gasteiger charge is -2.11. The van der Waals surface area contributed by atoms with Crippen LogP contribution in [0.25, 0.3) is 42.8 Å². The van der Waals surface area contributed by atoms with Crippen molar-refractivity contribution in [1.29, 1.82) is 21.0 Å². The molecule has 0 saturated heterocycles. The molecule has 66 heavy (non-hydrogen) atoms. The fraction of sp³-hybridized carbons (Fsp3) is 0.0400. The van der Waals surface area contributed by atoms with E-state index in [1.807, 2.05) is 30.3 Å². The molecule has 0 aliphatic heterocycles. The molecule has 10 rings (SSSR count). The van der Waals surface area contributed by atoms with Crippen LogP contribution in [0.2, 0.25) is 0 Å². The summed E-state index contributed by atoms with van der Waals surface area (Å²) in [4.78, 5) is 84.2. The highest BCUT2D eigenvalue weighted by Gasteiger charge is 2.37. The number of benzene rings is 4. The predicted octanol–water partition coefficient (Wildman–Crippen LogP) is 9.65. The first-order valence-corrected chi connectivity index (χ1v) is 21.3. The van der Waals surface area contributed by atoms with E-state index in [1.165, 1.54) is 56.9 Å². The number of hydrogen-bond acceptors (Lipinski definition) is 14. The smallest absolute Gasteiger partial charge is 0.419 e. The zero-order chi connectivity index (χ0) is 46.0. The summed E-state index contributed by atoms with van der Waals surface area (Å²) in [5.74, 6) is -2.70. The van der Waals surface area contributed by atoms with Crippen LogP contribution in [0, 0.1) is 45.3 Å². The van der Waals surface area contributed by atoms with Crippen molar-refractivity contribution in [2.75, 3.05) is 0 Å². The van der Waals surface area contributed by atoms with Crippen molar-refractivity contribution in [2.45, 2.75) is 13.2 Å². The molecule has 0 spiro atoms. The minimum absolute atomic E-state index is 0.00509. The lowest BCUT2D eigenvalue weighted by Crippen LogP contribution is -2.17. The number of aromatic nitrogens is 2. The summed E-state index contributed by atoms with van der Waals surface area (Å²) in [6, 6.07) is 33.4. The van der Waals surface area contributed by atoms with E-state index in [9.17, 15) is 49.8 Å². The Bertz CT molecular complexity index is 3710. The molecule has 0 unspecified atom stereocenters. The lowest BCUT2D eigenvalue weighted by atomic mass is 10.0. The van der Waals surface area contributed by atoms with Gasteiger partial charge in [-0.15, -0.1) is 22.7 Å². The van der Waals surface area contributed by atoms with Crippen molar-refractivity contribution >= 4 is 101 Å². The molecule has 8 aromatic rings. The molecular formula is C50H22N6O8S2. The average molecular weight is 899 g/mol. The zero-order valence-corrected chi connectivity index (χ0v) is 35.2. The van der Waals surface area contributed by atoms with Crippen LogP contribution < -0.4 is 0 Å². The minimum atomic E-state index is -0.912. The maximum absolute atomic E-state index is 14.5. The van der Waals surface area contributed by atoms with Gasteiger partial charge < -0.3 is 9.47 Å². The number of thiophene rings is 2. The van der Waals surface area contributed by atoms with Gasteiger partial charge in [-0.05, 0) is 59.7 Å². The van der Waals surface area contributed by atoms with Crippen molar-refractivity contribution in [2.24, 2.45) is 0 Å². The molecule has 4 aromatic carbocycles. The number of carbonyl (C=O) groups excluding carboxylic acids is 6. The Hall–Kier alpha value is -9.32. The Morgan fingerprint density at radius 3 is 1.42 bits per heavy atom. The minimum Gasteiger partial charge on any atom is -0.444 e. The Kier molecular flexibility index (Phi) is 9.75. The van der Waals surface area contributed by atoms with E-state index in [4.69, 9.17) is 9.47 Å². The molecule has 0 bridgehead atoms. The molecule has 0 saturated carbocycles. The van der Waals surface area contributed by atoms with Gasteiger partial charge in [-0.1, -0.05) is 60.7 Å². The number of Topliss-reactive ketones (excluding diaryl/α,β-unsaturated/α-hetero) is 4. The average Bonchev–Trinajstić information content (AvgIpc) is 4.16. The molecule has 4 heterocycles. The van der Waals surface area contributed by atoms with Gasteiger partial charge in [-0.2, -0.15) is 21.0 Å². The third-order valence-electron chi connectivity index (χ3n) is 11.2. The van der Waals surface area contributed by atoms with E-state index in [2.05, 4.69) is 0 Å². The van der Waals surface area contributed by atoms with Gasteiger partial charge >= 0.3 is 12.2 Å². The van der Waals surface area contributed by atoms with Crippen LogP contribution in [-0.4, -0.2) is 44.5 Å². The van der Waals surface area contributed by atoms with E-state index in [0.29, 0.717) is 35.6 Å². The fourth-order valence-electron chi connectivity index (χ4n) is 8.07. The van der Waals surface area contributed by atoms with E-state index >= 15 is 0 Å². The second-order valence-electron chi connectivity index (χ2n) is 14.9. The highest BCUT2D eigenvalue weighted by atomic mass is 32.1. The van der Waals surface area contributed by atoms with Gasteiger partial charge in [0, 0.05) is 27.1 Å². The third-order valence-corrected chi connectivity index (χ3v) is 13.5. The van der Waals surface area contributed by atoms with E-state index in [-0.39, 0.29) is 85.6 Å². The summed E-state index contributed by atoms with van der Waals surface area (Å²) < 4.78 is 15.7. The maximum Gasteiger partial charge on any atom is 0.419 e. The van der Waals surface area contributed by atoms with Crippen molar-refractivity contribution in [1.82, 2.24) is 9.13 Å². The SMILES string of the molecule is N#Cc1cc2c(cc1C#N)C(=O)C(=Cc1cc3c(s1)c1sc4cc(C=C5C(=O)c6cc(C#N)c(C#N)cc6C5=O)n(C(=O)OCc5ccccc5)c4c1n3C(=O)OCc1ccccc1)C2=O. The molecule has 16 heteroatoms. The quantitative estimate of drug-likeness (QED) is 0.112. The molecule has 0 amide bonds. The summed E-state index contributed by atoms with van der Waals surface area (Å²) in [5, 5.41) is 38.3. The predicted molar refractivity (Wildman–Crippen MR) is 240 cm³/mol. The largest absolute Gasteiger partial charge is 0.444 e. The van der Waals surface area contributed by atoms with Crippen LogP contribution in [0.15, 0.2) is 108 Å². The molecule has 0 radical (unpaired) electrons. The Labute approximate surface area is 379 Å². The first-order valence-electron chi connectivity index (χ1n) is 19.7. The van der Waals surface area contributed by atoms with Crippen LogP contribution >= 0.6 is 22.7 Å². The van der Waals surface area contributed by atoms with Gasteiger partial charge in [0.1, 0.15) is 37.5 Å². The van der Waals surface area contributed by atoms with Gasteiger partial charge in [0.25, 0.3) is 0 Å². The molecule has 14 nitrogen and oxygen atoms in total. The van der Waals surface area contributed by atoms with Crippen molar-refractivity contribution < 1.29 is 38.2 Å². The first kappa shape index (κ1) is 40.7. The van der Waals surface area contributed by atoms with Gasteiger partial charge in [-0.3, -0.25) is 19.2 Å². The number of hydrogen-bond donors (Lipinski definition) is 0. The summed E-state index contributed by atoms with van der Waals surface area (Å²) >= 11 is 2.35. The number of allylic oxidation sites excluding steroid dienone is 2. The molecule has 2 aliphatic rings. The molecular weight excluding hydrogens is 877 g/mol. The number of nitrogens with zero attached hydrogens (tertiary/aromatic N) is 6. The van der Waals surface area contributed by atoms with Gasteiger partial charge in [0.15, 0.2) is 23.1 Å². The van der Waals surface area contributed by atoms with Crippen molar-refractivity contribution in [3.63, 3.8) is 0 Å². The maximum atomic E-state index is 14.5. The Balaban J connectivity index is 1.15. The van der Waals surface area contributed by atoms with E-state index in [0.717, 1.165) is 11.3 Å². The molecule has 0 atom stereocenters. The van der Waals surface area contributed by atoms with Gasteiger partial charge in [0.05, 0.1) is 69.7 Å². The Morgan fingerprint density at radius 2 is 0.970 bits per heavy atom. The Morgan fingerprint density at radius 1 is 0.530 bits per heavy atom. The van der Waals surface area contributed by atoms with Crippen LogP contribution in [0.4, 0.5) is 9.59 Å². The number of rotatable bonds is 6. The monoisotopic (exact) mass is 898 g/mol. The van der Waals surface area contributed by atoms with Crippen LogP contribution in [-0.2, 0) is 22.7 Å². The summed E-state index contributed by atoms with van der Waals surface area (Å²) in [5.41, 5.74) is 1.21. The third kappa shape index (κ3) is 6.42. The van der Waals surface area contributed by atoms with E-state index < -0.39 is 35.3 Å². The zero-order valence-electron chi connectivity index (χ0n) is 33.6. The van der Waals surface area contributed by atoms with Crippen molar-refractivity contribution in [3.8, 4) is 24.3 Å². The number of carbonyl (C=O) groups is 6. The number of ketones is 4. The number of ether oxygens (including phenoxy) is 2. The second kappa shape index (κ2) is 15.8. The summed E-state index contributed by atoms with van der Waals surface area (Å²) in [7, 11) is 0. The summed E-state index contributed by atoms with van der Waals surface area (Å²) in [6.07, 6.45) is 0.883. The molecule has 0 fully saturated rings. The number of nitriles is 4. The van der Waals surface area contributed by atoms with Crippen LogP contribution in [0.1, 0.15) is 85.4 Å². The fourth-order valence-corrected chi connectivity index (χ4v) is 10.5. The van der Waals surface area contributed by atoms with Gasteiger partial charge in [-0.25, -0.2) is 18.7 Å². The highest BCUT2D eigenvalue weighted by Crippen LogP contribution is 2.47. The van der Waals surface area contributed by atoms with Crippen LogP contribution in [0.3, 0.4) is 0 Å². The molecule has 0 N–H and O–H groups in total. The summed E-state index contributed by atoms with van der Waals surface area (Å²) in [6.45, 7) is -0.293.